The molecule has 0 bridgehead atoms. The van der Waals surface area contributed by atoms with E-state index >= 15 is 0 Å². The van der Waals surface area contributed by atoms with E-state index in [9.17, 15) is 5.11 Å². The summed E-state index contributed by atoms with van der Waals surface area (Å²) >= 11 is 0. The van der Waals surface area contributed by atoms with Crippen molar-refractivity contribution in [1.82, 2.24) is 0 Å². The third-order valence-corrected chi connectivity index (χ3v) is 2.46. The number of allylic oxidation sites excluding steroid dienone is 1. The molecule has 0 aliphatic carbocycles. The van der Waals surface area contributed by atoms with Crippen molar-refractivity contribution in [3.63, 3.8) is 0 Å². The molecule has 2 nitrogen and oxygen atoms in total. The second-order valence-corrected chi connectivity index (χ2v) is 3.71. The Morgan fingerprint density at radius 1 is 1.44 bits per heavy atom. The third-order valence-electron chi connectivity index (χ3n) is 2.46. The van der Waals surface area contributed by atoms with Crippen LogP contribution in [0.1, 0.15) is 37.9 Å². The standard InChI is InChI=1S/C14H20O2/c1-3-5-6-10-13(15)12-9-7-8-11-14(12)16-4-2/h3,7-9,11,13,15H,1,4-6,10H2,2H3. The van der Waals surface area contributed by atoms with E-state index in [0.29, 0.717) is 6.61 Å². The maximum absolute atomic E-state index is 10.0. The van der Waals surface area contributed by atoms with Gasteiger partial charge in [-0.05, 0) is 32.3 Å². The lowest BCUT2D eigenvalue weighted by Gasteiger charge is -2.15. The van der Waals surface area contributed by atoms with Crippen molar-refractivity contribution in [3.8, 4) is 5.75 Å². The molecule has 1 aromatic rings. The first-order valence-corrected chi connectivity index (χ1v) is 5.80. The first-order valence-electron chi connectivity index (χ1n) is 5.80. The molecule has 88 valence electrons. The van der Waals surface area contributed by atoms with Gasteiger partial charge in [0.1, 0.15) is 5.75 Å². The van der Waals surface area contributed by atoms with Crippen molar-refractivity contribution >= 4 is 0 Å². The second kappa shape index (κ2) is 7.07. The molecule has 0 aromatic heterocycles. The molecule has 0 saturated carbocycles. The lowest BCUT2D eigenvalue weighted by atomic mass is 10.0. The van der Waals surface area contributed by atoms with Crippen LogP contribution in [0.25, 0.3) is 0 Å². The predicted molar refractivity (Wildman–Crippen MR) is 66.6 cm³/mol. The van der Waals surface area contributed by atoms with Gasteiger partial charge in [0.05, 0.1) is 12.7 Å². The molecule has 1 rings (SSSR count). The monoisotopic (exact) mass is 220 g/mol. The van der Waals surface area contributed by atoms with E-state index < -0.39 is 6.10 Å². The smallest absolute Gasteiger partial charge is 0.125 e. The fourth-order valence-corrected chi connectivity index (χ4v) is 1.65. The molecule has 16 heavy (non-hydrogen) atoms. The molecule has 1 atom stereocenters. The fraction of sp³-hybridized carbons (Fsp3) is 0.429. The van der Waals surface area contributed by atoms with Crippen molar-refractivity contribution in [2.75, 3.05) is 6.61 Å². The quantitative estimate of drug-likeness (QED) is 0.563. The van der Waals surface area contributed by atoms with E-state index in [1.807, 2.05) is 37.3 Å². The van der Waals surface area contributed by atoms with Gasteiger partial charge in [-0.1, -0.05) is 24.3 Å². The summed E-state index contributed by atoms with van der Waals surface area (Å²) in [6.07, 6.45) is 4.07. The summed E-state index contributed by atoms with van der Waals surface area (Å²) in [4.78, 5) is 0. The van der Waals surface area contributed by atoms with Gasteiger partial charge < -0.3 is 9.84 Å². The Kier molecular flexibility index (Phi) is 5.65. The van der Waals surface area contributed by atoms with Gasteiger partial charge in [-0.15, -0.1) is 6.58 Å². The first-order chi connectivity index (χ1) is 7.79. The van der Waals surface area contributed by atoms with E-state index in [1.165, 1.54) is 0 Å². The van der Waals surface area contributed by atoms with Crippen LogP contribution in [-0.4, -0.2) is 11.7 Å². The van der Waals surface area contributed by atoms with Crippen LogP contribution in [0.5, 0.6) is 5.75 Å². The molecular weight excluding hydrogens is 200 g/mol. The Morgan fingerprint density at radius 3 is 2.88 bits per heavy atom. The summed E-state index contributed by atoms with van der Waals surface area (Å²) in [5.74, 6) is 0.788. The zero-order valence-electron chi connectivity index (χ0n) is 9.86. The Labute approximate surface area is 97.6 Å². The van der Waals surface area contributed by atoms with Gasteiger partial charge in [-0.3, -0.25) is 0 Å². The van der Waals surface area contributed by atoms with Gasteiger partial charge >= 0.3 is 0 Å². The molecule has 2 heteroatoms. The molecule has 0 saturated heterocycles. The van der Waals surface area contributed by atoms with Crippen LogP contribution in [0.4, 0.5) is 0 Å². The molecule has 0 fully saturated rings. The van der Waals surface area contributed by atoms with E-state index in [-0.39, 0.29) is 0 Å². The topological polar surface area (TPSA) is 29.5 Å². The van der Waals surface area contributed by atoms with Crippen LogP contribution in [-0.2, 0) is 0 Å². The van der Waals surface area contributed by atoms with Crippen molar-refractivity contribution in [3.05, 3.63) is 42.5 Å². The molecular formula is C14H20O2. The van der Waals surface area contributed by atoms with Crippen LogP contribution in [0.15, 0.2) is 36.9 Å². The fourth-order valence-electron chi connectivity index (χ4n) is 1.65. The highest BCUT2D eigenvalue weighted by atomic mass is 16.5. The number of rotatable bonds is 7. The first kappa shape index (κ1) is 12.8. The van der Waals surface area contributed by atoms with Crippen molar-refractivity contribution < 1.29 is 9.84 Å². The molecule has 0 radical (unpaired) electrons. The highest BCUT2D eigenvalue weighted by molar-refractivity contribution is 5.34. The van der Waals surface area contributed by atoms with Crippen molar-refractivity contribution in [2.45, 2.75) is 32.3 Å². The molecule has 1 aromatic carbocycles. The Morgan fingerprint density at radius 2 is 2.19 bits per heavy atom. The summed E-state index contributed by atoms with van der Waals surface area (Å²) in [5, 5.41) is 10.0. The highest BCUT2D eigenvalue weighted by Crippen LogP contribution is 2.28. The lowest BCUT2D eigenvalue weighted by molar-refractivity contribution is 0.159. The summed E-state index contributed by atoms with van der Waals surface area (Å²) in [6, 6.07) is 7.67. The van der Waals surface area contributed by atoms with Crippen LogP contribution in [0, 0.1) is 0 Å². The SMILES string of the molecule is C=CCCCC(O)c1ccccc1OCC. The van der Waals surface area contributed by atoms with E-state index in [4.69, 9.17) is 4.74 Å². The molecule has 0 aliphatic rings. The number of unbranched alkanes of at least 4 members (excludes halogenated alkanes) is 1. The van der Waals surface area contributed by atoms with Gasteiger partial charge in [-0.2, -0.15) is 0 Å². The van der Waals surface area contributed by atoms with Crippen molar-refractivity contribution in [1.29, 1.82) is 0 Å². The number of para-hydroxylation sites is 1. The molecule has 0 spiro atoms. The average Bonchev–Trinajstić information content (AvgIpc) is 2.30. The van der Waals surface area contributed by atoms with Crippen LogP contribution in [0.2, 0.25) is 0 Å². The Bertz CT molecular complexity index is 320. The Balaban J connectivity index is 2.65. The average molecular weight is 220 g/mol. The number of hydrogen-bond donors (Lipinski definition) is 1. The summed E-state index contributed by atoms with van der Waals surface area (Å²) in [7, 11) is 0. The number of aliphatic hydroxyl groups excluding tert-OH is 1. The molecule has 1 unspecified atom stereocenters. The van der Waals surface area contributed by atoms with Gasteiger partial charge in [0, 0.05) is 5.56 Å². The summed E-state index contributed by atoms with van der Waals surface area (Å²) in [5.41, 5.74) is 0.883. The summed E-state index contributed by atoms with van der Waals surface area (Å²) < 4.78 is 5.48. The Hall–Kier alpha value is -1.28. The van der Waals surface area contributed by atoms with Crippen molar-refractivity contribution in [2.24, 2.45) is 0 Å². The number of ether oxygens (including phenoxy) is 1. The summed E-state index contributed by atoms with van der Waals surface area (Å²) in [6.45, 7) is 6.24. The minimum Gasteiger partial charge on any atom is -0.493 e. The number of benzene rings is 1. The zero-order valence-corrected chi connectivity index (χ0v) is 9.86. The minimum absolute atomic E-state index is 0.442. The zero-order chi connectivity index (χ0) is 11.8. The lowest BCUT2D eigenvalue weighted by Crippen LogP contribution is -2.02. The highest BCUT2D eigenvalue weighted by Gasteiger charge is 2.11. The van der Waals surface area contributed by atoms with E-state index in [1.54, 1.807) is 0 Å². The predicted octanol–water partition coefficient (Wildman–Crippen LogP) is 3.48. The number of aliphatic hydroxyl groups is 1. The maximum atomic E-state index is 10.0. The van der Waals surface area contributed by atoms with Crippen LogP contribution in [0.3, 0.4) is 0 Å². The van der Waals surface area contributed by atoms with E-state index in [2.05, 4.69) is 6.58 Å². The normalized spacial score (nSPS) is 12.1. The van der Waals surface area contributed by atoms with Gasteiger partial charge in [0.2, 0.25) is 0 Å². The van der Waals surface area contributed by atoms with E-state index in [0.717, 1.165) is 30.6 Å². The molecule has 0 heterocycles. The maximum Gasteiger partial charge on any atom is 0.125 e. The third kappa shape index (κ3) is 3.70. The minimum atomic E-state index is -0.442. The van der Waals surface area contributed by atoms with Crippen LogP contribution < -0.4 is 4.74 Å². The second-order valence-electron chi connectivity index (χ2n) is 3.71. The van der Waals surface area contributed by atoms with Gasteiger partial charge in [0.15, 0.2) is 0 Å². The van der Waals surface area contributed by atoms with Gasteiger partial charge in [-0.25, -0.2) is 0 Å². The molecule has 0 aliphatic heterocycles. The molecule has 0 amide bonds. The number of hydrogen-bond acceptors (Lipinski definition) is 2. The molecule has 1 N–H and O–H groups in total. The van der Waals surface area contributed by atoms with Gasteiger partial charge in [0.25, 0.3) is 0 Å². The largest absolute Gasteiger partial charge is 0.493 e. The van der Waals surface area contributed by atoms with Crippen LogP contribution >= 0.6 is 0 Å².